The van der Waals surface area contributed by atoms with Crippen molar-refractivity contribution < 1.29 is 18.3 Å². The van der Waals surface area contributed by atoms with Gasteiger partial charge in [-0.05, 0) is 46.2 Å². The molecular formula is C12H23F3N2O. The Morgan fingerprint density at radius 3 is 2.50 bits per heavy atom. The normalized spacial score (nSPS) is 24.5. The lowest BCUT2D eigenvalue weighted by Gasteiger charge is -2.28. The number of hydrogen-bond donors (Lipinski definition) is 2. The van der Waals surface area contributed by atoms with E-state index >= 15 is 0 Å². The second kappa shape index (κ2) is 5.75. The van der Waals surface area contributed by atoms with Crippen LogP contribution in [-0.2, 0) is 0 Å². The van der Waals surface area contributed by atoms with Crippen LogP contribution in [0.1, 0.15) is 27.2 Å². The minimum absolute atomic E-state index is 0.0748. The molecule has 1 aliphatic rings. The van der Waals surface area contributed by atoms with Crippen LogP contribution in [0.4, 0.5) is 13.2 Å². The van der Waals surface area contributed by atoms with Gasteiger partial charge in [-0.3, -0.25) is 4.90 Å². The van der Waals surface area contributed by atoms with Crippen LogP contribution >= 0.6 is 0 Å². The van der Waals surface area contributed by atoms with E-state index in [1.807, 2.05) is 6.92 Å². The first-order valence-electron chi connectivity index (χ1n) is 6.33. The van der Waals surface area contributed by atoms with Gasteiger partial charge in [-0.2, -0.15) is 13.2 Å². The van der Waals surface area contributed by atoms with Crippen molar-refractivity contribution in [2.45, 2.75) is 45.0 Å². The van der Waals surface area contributed by atoms with E-state index in [0.29, 0.717) is 19.6 Å². The summed E-state index contributed by atoms with van der Waals surface area (Å²) in [6, 6.07) is -0.0748. The summed E-state index contributed by atoms with van der Waals surface area (Å²) in [6.45, 7) is 6.13. The summed E-state index contributed by atoms with van der Waals surface area (Å²) < 4.78 is 36.6. The molecule has 0 aromatic heterocycles. The van der Waals surface area contributed by atoms with Crippen molar-refractivity contribution in [3.05, 3.63) is 0 Å². The number of likely N-dealkylation sites (tertiary alicyclic amines) is 1. The molecule has 1 heterocycles. The molecule has 1 rings (SSSR count). The standard InChI is InChI=1S/C12H23F3N2O/c1-9(11(2,3)18)16-6-10-4-5-17(7-10)8-12(13,14)15/h9-10,16,18H,4-8H2,1-3H3. The van der Waals surface area contributed by atoms with Gasteiger partial charge in [0, 0.05) is 12.6 Å². The van der Waals surface area contributed by atoms with Crippen molar-refractivity contribution in [3.8, 4) is 0 Å². The molecule has 1 saturated heterocycles. The van der Waals surface area contributed by atoms with Gasteiger partial charge >= 0.3 is 6.18 Å². The largest absolute Gasteiger partial charge is 0.401 e. The van der Waals surface area contributed by atoms with E-state index in [2.05, 4.69) is 5.32 Å². The summed E-state index contributed by atoms with van der Waals surface area (Å²) in [5.74, 6) is 0.233. The van der Waals surface area contributed by atoms with Gasteiger partial charge in [0.1, 0.15) is 0 Å². The molecule has 1 fully saturated rings. The predicted octanol–water partition coefficient (Wildman–Crippen LogP) is 1.62. The highest BCUT2D eigenvalue weighted by molar-refractivity contribution is 4.83. The van der Waals surface area contributed by atoms with E-state index in [-0.39, 0.29) is 12.0 Å². The zero-order valence-corrected chi connectivity index (χ0v) is 11.2. The van der Waals surface area contributed by atoms with Crippen LogP contribution in [0.15, 0.2) is 0 Å². The van der Waals surface area contributed by atoms with Crippen LogP contribution in [0.5, 0.6) is 0 Å². The van der Waals surface area contributed by atoms with Crippen molar-refractivity contribution in [1.82, 2.24) is 10.2 Å². The Hall–Kier alpha value is -0.330. The highest BCUT2D eigenvalue weighted by Gasteiger charge is 2.34. The maximum absolute atomic E-state index is 12.2. The quantitative estimate of drug-likeness (QED) is 0.795. The van der Waals surface area contributed by atoms with Crippen LogP contribution in [-0.4, -0.2) is 54.0 Å². The van der Waals surface area contributed by atoms with Gasteiger partial charge in [0.2, 0.25) is 0 Å². The van der Waals surface area contributed by atoms with E-state index in [1.165, 1.54) is 4.90 Å². The first-order chi connectivity index (χ1) is 8.08. The molecule has 0 saturated carbocycles. The van der Waals surface area contributed by atoms with E-state index in [9.17, 15) is 18.3 Å². The summed E-state index contributed by atoms with van der Waals surface area (Å²) in [5, 5.41) is 12.9. The SMILES string of the molecule is CC(NCC1CCN(CC(F)(F)F)C1)C(C)(C)O. The van der Waals surface area contributed by atoms with Crippen LogP contribution in [0.3, 0.4) is 0 Å². The molecule has 0 aromatic rings. The Morgan fingerprint density at radius 1 is 1.39 bits per heavy atom. The van der Waals surface area contributed by atoms with Crippen molar-refractivity contribution >= 4 is 0 Å². The van der Waals surface area contributed by atoms with Gasteiger partial charge in [0.15, 0.2) is 0 Å². The molecule has 108 valence electrons. The van der Waals surface area contributed by atoms with Crippen molar-refractivity contribution in [2.24, 2.45) is 5.92 Å². The highest BCUT2D eigenvalue weighted by Crippen LogP contribution is 2.22. The summed E-state index contributed by atoms with van der Waals surface area (Å²) in [7, 11) is 0. The van der Waals surface area contributed by atoms with Crippen LogP contribution in [0.25, 0.3) is 0 Å². The molecule has 2 atom stereocenters. The molecule has 0 aliphatic carbocycles. The first kappa shape index (κ1) is 15.7. The Morgan fingerprint density at radius 2 is 2.00 bits per heavy atom. The summed E-state index contributed by atoms with van der Waals surface area (Å²) in [4.78, 5) is 1.45. The summed E-state index contributed by atoms with van der Waals surface area (Å²) in [6.07, 6.45) is -3.33. The van der Waals surface area contributed by atoms with Crippen molar-refractivity contribution in [1.29, 1.82) is 0 Å². The summed E-state index contributed by atoms with van der Waals surface area (Å²) in [5.41, 5.74) is -0.815. The van der Waals surface area contributed by atoms with Gasteiger partial charge < -0.3 is 10.4 Å². The molecule has 6 heteroatoms. The average molecular weight is 268 g/mol. The minimum atomic E-state index is -4.11. The fourth-order valence-corrected chi connectivity index (χ4v) is 2.07. The number of halogens is 3. The first-order valence-corrected chi connectivity index (χ1v) is 6.33. The van der Waals surface area contributed by atoms with Gasteiger partial charge in [0.25, 0.3) is 0 Å². The van der Waals surface area contributed by atoms with Gasteiger partial charge in [-0.25, -0.2) is 0 Å². The van der Waals surface area contributed by atoms with E-state index in [1.54, 1.807) is 13.8 Å². The molecule has 0 spiro atoms. The Kier molecular flexibility index (Phi) is 5.03. The Bertz CT molecular complexity index is 263. The minimum Gasteiger partial charge on any atom is -0.389 e. The van der Waals surface area contributed by atoms with Crippen molar-refractivity contribution in [2.75, 3.05) is 26.2 Å². The number of nitrogens with one attached hydrogen (secondary N) is 1. The number of rotatable bonds is 5. The van der Waals surface area contributed by atoms with Gasteiger partial charge in [0.05, 0.1) is 12.1 Å². The van der Waals surface area contributed by atoms with Crippen LogP contribution in [0.2, 0.25) is 0 Å². The fraction of sp³-hybridized carbons (Fsp3) is 1.00. The Balaban J connectivity index is 2.27. The third-order valence-electron chi connectivity index (χ3n) is 3.55. The van der Waals surface area contributed by atoms with E-state index in [4.69, 9.17) is 0 Å². The van der Waals surface area contributed by atoms with E-state index in [0.717, 1.165) is 6.42 Å². The number of alkyl halides is 3. The lowest BCUT2D eigenvalue weighted by atomic mass is 10.00. The number of nitrogens with zero attached hydrogens (tertiary/aromatic N) is 1. The fourth-order valence-electron chi connectivity index (χ4n) is 2.07. The molecule has 3 nitrogen and oxygen atoms in total. The molecule has 2 N–H and O–H groups in total. The molecule has 0 amide bonds. The zero-order valence-electron chi connectivity index (χ0n) is 11.2. The molecule has 0 aromatic carbocycles. The van der Waals surface area contributed by atoms with Crippen molar-refractivity contribution in [3.63, 3.8) is 0 Å². The maximum Gasteiger partial charge on any atom is 0.401 e. The molecule has 0 radical (unpaired) electrons. The molecule has 18 heavy (non-hydrogen) atoms. The topological polar surface area (TPSA) is 35.5 Å². The number of hydrogen-bond acceptors (Lipinski definition) is 3. The summed E-state index contributed by atoms with van der Waals surface area (Å²) >= 11 is 0. The molecule has 1 aliphatic heterocycles. The number of aliphatic hydroxyl groups is 1. The van der Waals surface area contributed by atoms with Gasteiger partial charge in [-0.15, -0.1) is 0 Å². The zero-order chi connectivity index (χ0) is 14.0. The van der Waals surface area contributed by atoms with Crippen LogP contribution < -0.4 is 5.32 Å². The molecule has 0 bridgehead atoms. The highest BCUT2D eigenvalue weighted by atomic mass is 19.4. The third-order valence-corrected chi connectivity index (χ3v) is 3.55. The molecule has 2 unspecified atom stereocenters. The van der Waals surface area contributed by atoms with Gasteiger partial charge in [-0.1, -0.05) is 0 Å². The lowest BCUT2D eigenvalue weighted by Crippen LogP contribution is -2.46. The van der Waals surface area contributed by atoms with Crippen LogP contribution in [0, 0.1) is 5.92 Å². The monoisotopic (exact) mass is 268 g/mol. The maximum atomic E-state index is 12.2. The third kappa shape index (κ3) is 5.54. The lowest BCUT2D eigenvalue weighted by molar-refractivity contribution is -0.143. The average Bonchev–Trinajstić information content (AvgIpc) is 2.57. The Labute approximate surface area is 106 Å². The molecular weight excluding hydrogens is 245 g/mol. The second-order valence-electron chi connectivity index (χ2n) is 5.79. The smallest absolute Gasteiger partial charge is 0.389 e. The van der Waals surface area contributed by atoms with E-state index < -0.39 is 18.3 Å². The predicted molar refractivity (Wildman–Crippen MR) is 64.4 cm³/mol. The second-order valence-corrected chi connectivity index (χ2v) is 5.79.